The van der Waals surface area contributed by atoms with E-state index in [1.807, 2.05) is 11.3 Å². The van der Waals surface area contributed by atoms with Gasteiger partial charge in [0.1, 0.15) is 0 Å². The number of hydrogen-bond donors (Lipinski definition) is 0. The van der Waals surface area contributed by atoms with E-state index >= 15 is 0 Å². The van der Waals surface area contributed by atoms with E-state index in [0.717, 1.165) is 17.1 Å². The molecule has 0 N–H and O–H groups in total. The van der Waals surface area contributed by atoms with Crippen molar-refractivity contribution >= 4 is 59.3 Å². The third-order valence-corrected chi connectivity index (χ3v) is 13.9. The zero-order valence-electron chi connectivity index (χ0n) is 33.4. The van der Waals surface area contributed by atoms with Crippen LogP contribution in [0.4, 0.5) is 17.1 Å². The Labute approximate surface area is 360 Å². The Balaban J connectivity index is 1.12. The highest BCUT2D eigenvalue weighted by Gasteiger charge is 2.47. The molecule has 0 amide bonds. The highest BCUT2D eigenvalue weighted by atomic mass is 32.1. The number of nitrogens with zero attached hydrogens (tertiary/aromatic N) is 1. The largest absolute Gasteiger partial charge is 0.309 e. The van der Waals surface area contributed by atoms with Crippen LogP contribution in [-0.2, 0) is 5.41 Å². The summed E-state index contributed by atoms with van der Waals surface area (Å²) in [5.41, 5.74) is 15.3. The van der Waals surface area contributed by atoms with Gasteiger partial charge >= 0.3 is 0 Å². The molecule has 1 aliphatic rings. The average molecular weight is 794 g/mol. The fourth-order valence-corrected chi connectivity index (χ4v) is 11.3. The minimum Gasteiger partial charge on any atom is -0.309 e. The number of thiophene rings is 1. The van der Waals surface area contributed by atoms with Crippen LogP contribution in [-0.4, -0.2) is 0 Å². The van der Waals surface area contributed by atoms with Gasteiger partial charge in [0.05, 0.1) is 16.8 Å². The van der Waals surface area contributed by atoms with Crippen LogP contribution in [0.25, 0.3) is 64.3 Å². The Morgan fingerprint density at radius 2 is 0.902 bits per heavy atom. The van der Waals surface area contributed by atoms with Crippen LogP contribution in [0.5, 0.6) is 0 Å². The molecule has 0 fully saturated rings. The van der Waals surface area contributed by atoms with Gasteiger partial charge in [-0.2, -0.15) is 0 Å². The smallest absolute Gasteiger partial charge is 0.0714 e. The number of benzene rings is 10. The summed E-state index contributed by atoms with van der Waals surface area (Å²) in [5, 5.41) is 5.12. The Morgan fingerprint density at radius 3 is 1.70 bits per heavy atom. The third-order valence-electron chi connectivity index (χ3n) is 12.8. The van der Waals surface area contributed by atoms with Crippen LogP contribution in [0.1, 0.15) is 22.3 Å². The number of fused-ring (bicyclic) bond motifs is 7. The summed E-state index contributed by atoms with van der Waals surface area (Å²) in [7, 11) is 0. The van der Waals surface area contributed by atoms with Crippen molar-refractivity contribution in [1.29, 1.82) is 0 Å². The molecule has 0 atom stereocenters. The predicted molar refractivity (Wildman–Crippen MR) is 260 cm³/mol. The first-order chi connectivity index (χ1) is 30.3. The first-order valence-electron chi connectivity index (χ1n) is 21.0. The van der Waals surface area contributed by atoms with E-state index in [2.05, 4.69) is 241 Å². The van der Waals surface area contributed by atoms with Crippen molar-refractivity contribution in [3.63, 3.8) is 0 Å². The average Bonchev–Trinajstić information content (AvgIpc) is 3.86. The van der Waals surface area contributed by atoms with Crippen LogP contribution in [0.15, 0.2) is 237 Å². The molecule has 61 heavy (non-hydrogen) atoms. The summed E-state index contributed by atoms with van der Waals surface area (Å²) in [4.78, 5) is 2.51. The van der Waals surface area contributed by atoms with Crippen molar-refractivity contribution in [2.24, 2.45) is 0 Å². The molecule has 10 aromatic carbocycles. The maximum absolute atomic E-state index is 2.51. The summed E-state index contributed by atoms with van der Waals surface area (Å²) in [6.07, 6.45) is 0. The molecule has 1 nitrogen and oxygen atoms in total. The zero-order chi connectivity index (χ0) is 40.3. The van der Waals surface area contributed by atoms with Gasteiger partial charge in [0.2, 0.25) is 0 Å². The van der Waals surface area contributed by atoms with Crippen molar-refractivity contribution in [2.75, 3.05) is 4.90 Å². The van der Waals surface area contributed by atoms with Gasteiger partial charge in [0.25, 0.3) is 0 Å². The van der Waals surface area contributed by atoms with Crippen LogP contribution in [0.2, 0.25) is 0 Å². The fraction of sp³-hybridized carbons (Fsp3) is 0.0169. The van der Waals surface area contributed by atoms with E-state index in [1.54, 1.807) is 0 Å². The molecule has 0 spiro atoms. The van der Waals surface area contributed by atoms with Crippen molar-refractivity contribution in [2.45, 2.75) is 5.41 Å². The second-order valence-corrected chi connectivity index (χ2v) is 17.0. The number of para-hydroxylation sites is 1. The van der Waals surface area contributed by atoms with E-state index in [0.29, 0.717) is 0 Å². The molecule has 11 aromatic rings. The van der Waals surface area contributed by atoms with Gasteiger partial charge in [-0.25, -0.2) is 0 Å². The molecular formula is C59H39NS. The van der Waals surface area contributed by atoms with Crippen LogP contribution < -0.4 is 4.90 Å². The molecule has 0 aliphatic heterocycles. The highest BCUT2D eigenvalue weighted by molar-refractivity contribution is 7.25. The van der Waals surface area contributed by atoms with Crippen LogP contribution in [0.3, 0.4) is 0 Å². The van der Waals surface area contributed by atoms with Crippen LogP contribution >= 0.6 is 11.3 Å². The minimum absolute atomic E-state index is 0.514. The number of anilines is 3. The number of rotatable bonds is 7. The normalized spacial score (nSPS) is 12.7. The second kappa shape index (κ2) is 14.3. The lowest BCUT2D eigenvalue weighted by atomic mass is 9.68. The predicted octanol–water partition coefficient (Wildman–Crippen LogP) is 16.4. The summed E-state index contributed by atoms with van der Waals surface area (Å²) in [6.45, 7) is 0. The van der Waals surface area contributed by atoms with Crippen molar-refractivity contribution in [3.05, 3.63) is 259 Å². The summed E-state index contributed by atoms with van der Waals surface area (Å²) in [6, 6.07) is 87.4. The van der Waals surface area contributed by atoms with Crippen LogP contribution in [0, 0.1) is 0 Å². The Morgan fingerprint density at radius 1 is 0.344 bits per heavy atom. The van der Waals surface area contributed by atoms with E-state index in [-0.39, 0.29) is 0 Å². The SMILES string of the molecule is c1ccc(C2(c3ccccc3)c3ccccc3-c3c(N(c4ccc(-c5cccc6ccccc56)cc4)c4ccccc4-c4ccc5c(c4)sc4ccccc45)cccc32)cc1. The topological polar surface area (TPSA) is 3.24 Å². The molecule has 286 valence electrons. The monoisotopic (exact) mass is 793 g/mol. The van der Waals surface area contributed by atoms with Gasteiger partial charge in [0, 0.05) is 37.0 Å². The lowest BCUT2D eigenvalue weighted by molar-refractivity contribution is 0.768. The molecule has 0 unspecified atom stereocenters. The van der Waals surface area contributed by atoms with Crippen molar-refractivity contribution < 1.29 is 0 Å². The maximum atomic E-state index is 2.51. The molecule has 0 saturated heterocycles. The van der Waals surface area contributed by atoms with Gasteiger partial charge in [-0.3, -0.25) is 0 Å². The Kier molecular flexibility index (Phi) is 8.33. The third kappa shape index (κ3) is 5.53. The molecule has 1 heterocycles. The van der Waals surface area contributed by atoms with Gasteiger partial charge in [-0.15, -0.1) is 11.3 Å². The summed E-state index contributed by atoms with van der Waals surface area (Å²) >= 11 is 1.87. The molecular weight excluding hydrogens is 755 g/mol. The quantitative estimate of drug-likeness (QED) is 0.155. The van der Waals surface area contributed by atoms with E-state index in [1.165, 1.54) is 86.6 Å². The van der Waals surface area contributed by atoms with Gasteiger partial charge in [-0.1, -0.05) is 200 Å². The molecule has 0 radical (unpaired) electrons. The van der Waals surface area contributed by atoms with E-state index in [4.69, 9.17) is 0 Å². The zero-order valence-corrected chi connectivity index (χ0v) is 34.2. The van der Waals surface area contributed by atoms with Crippen molar-refractivity contribution in [1.82, 2.24) is 0 Å². The highest BCUT2D eigenvalue weighted by Crippen LogP contribution is 2.60. The molecule has 2 heteroatoms. The number of hydrogen-bond acceptors (Lipinski definition) is 2. The lowest BCUT2D eigenvalue weighted by Gasteiger charge is -2.34. The standard InChI is InChI=1S/C59H39NS/c1-3-19-43(20-4-1)59(44-21-5-2-6-22-44)52-28-12-9-26-51(52)58-53(59)29-16-31-55(58)60(45-36-33-41(34-37-45)47-27-15-18-40-17-7-8-23-46(40)47)54-30-13-10-24-48(54)42-35-38-50-49-25-11-14-32-56(49)61-57(50)39-42/h1-39H. The Hall–Kier alpha value is -7.52. The second-order valence-electron chi connectivity index (χ2n) is 16.0. The Bertz CT molecular complexity index is 3370. The van der Waals surface area contributed by atoms with E-state index in [9.17, 15) is 0 Å². The summed E-state index contributed by atoms with van der Waals surface area (Å²) in [5.74, 6) is 0. The fourth-order valence-electron chi connectivity index (χ4n) is 10.1. The molecule has 12 rings (SSSR count). The molecule has 0 bridgehead atoms. The van der Waals surface area contributed by atoms with Gasteiger partial charge in [-0.05, 0) is 91.7 Å². The van der Waals surface area contributed by atoms with Gasteiger partial charge in [0.15, 0.2) is 0 Å². The molecule has 1 aromatic heterocycles. The van der Waals surface area contributed by atoms with E-state index < -0.39 is 5.41 Å². The minimum atomic E-state index is -0.514. The van der Waals surface area contributed by atoms with Gasteiger partial charge < -0.3 is 4.90 Å². The maximum Gasteiger partial charge on any atom is 0.0714 e. The lowest BCUT2D eigenvalue weighted by Crippen LogP contribution is -2.28. The molecule has 0 saturated carbocycles. The van der Waals surface area contributed by atoms with Crippen molar-refractivity contribution in [3.8, 4) is 33.4 Å². The molecule has 1 aliphatic carbocycles. The first kappa shape index (κ1) is 35.4. The first-order valence-corrected chi connectivity index (χ1v) is 21.8. The summed E-state index contributed by atoms with van der Waals surface area (Å²) < 4.78 is 2.61.